The summed E-state index contributed by atoms with van der Waals surface area (Å²) in [7, 11) is 0. The number of hydrogen-bond acceptors (Lipinski definition) is 0. The fourth-order valence-electron chi connectivity index (χ4n) is 6.39. The molecule has 0 radical (unpaired) electrons. The monoisotopic (exact) mass is 474 g/mol. The first-order chi connectivity index (χ1) is 18.3. The van der Waals surface area contributed by atoms with Crippen LogP contribution >= 0.6 is 0 Å². The van der Waals surface area contributed by atoms with E-state index in [1.54, 1.807) is 0 Å². The summed E-state index contributed by atoms with van der Waals surface area (Å²) in [5, 5.41) is 7.75. The largest absolute Gasteiger partial charge is 0.352 e. The lowest BCUT2D eigenvalue weighted by atomic mass is 9.97. The molecule has 2 heteroatoms. The third kappa shape index (κ3) is 2.93. The van der Waals surface area contributed by atoms with Crippen molar-refractivity contribution in [2.24, 2.45) is 5.92 Å². The van der Waals surface area contributed by atoms with Crippen LogP contribution in [0.3, 0.4) is 0 Å². The summed E-state index contributed by atoms with van der Waals surface area (Å²) in [4.78, 5) is 3.94. The van der Waals surface area contributed by atoms with Crippen LogP contribution in [0, 0.1) is 5.92 Å². The third-order valence-corrected chi connectivity index (χ3v) is 8.04. The van der Waals surface area contributed by atoms with E-state index in [2.05, 4.69) is 132 Å². The summed E-state index contributed by atoms with van der Waals surface area (Å²) >= 11 is 0. The number of fused-ring (bicyclic) bond motifs is 10. The van der Waals surface area contributed by atoms with Gasteiger partial charge in [-0.2, -0.15) is 0 Å². The molecule has 0 saturated carbocycles. The van der Waals surface area contributed by atoms with Gasteiger partial charge >= 0.3 is 0 Å². The Hall–Kier alpha value is -4.56. The molecule has 0 aliphatic heterocycles. The maximum atomic E-state index is 3.94. The molecular formula is C35H26N2. The standard InChI is InChI=1S/C35H26N2/c1-22-10-9-13-25(20-22)37-31-19-18-24(23-11-3-2-4-12-23)21-30(31)34-35(37)32-28-16-7-5-14-26(28)27-15-6-8-17-29(27)33(32)36-34/h2-19,21-22,36H,20H2,1H3. The lowest BCUT2D eigenvalue weighted by Gasteiger charge is -2.18. The quantitative estimate of drug-likeness (QED) is 0.241. The predicted molar refractivity (Wildman–Crippen MR) is 159 cm³/mol. The minimum absolute atomic E-state index is 0.513. The lowest BCUT2D eigenvalue weighted by molar-refractivity contribution is 0.730. The topological polar surface area (TPSA) is 20.7 Å². The first kappa shape index (κ1) is 20.6. The maximum absolute atomic E-state index is 3.94. The van der Waals surface area contributed by atoms with E-state index in [1.165, 1.54) is 71.2 Å². The molecule has 0 spiro atoms. The minimum atomic E-state index is 0.513. The van der Waals surface area contributed by atoms with Gasteiger partial charge in [-0.05, 0) is 57.8 Å². The molecule has 1 aliphatic rings. The Morgan fingerprint density at radius 3 is 2.16 bits per heavy atom. The van der Waals surface area contributed by atoms with E-state index < -0.39 is 0 Å². The fourth-order valence-corrected chi connectivity index (χ4v) is 6.39. The zero-order chi connectivity index (χ0) is 24.5. The molecule has 1 aliphatic carbocycles. The van der Waals surface area contributed by atoms with E-state index in [4.69, 9.17) is 0 Å². The van der Waals surface area contributed by atoms with Crippen LogP contribution in [0.5, 0.6) is 0 Å². The number of allylic oxidation sites excluding steroid dienone is 4. The van der Waals surface area contributed by atoms with Crippen molar-refractivity contribution in [1.29, 1.82) is 0 Å². The van der Waals surface area contributed by atoms with E-state index in [0.717, 1.165) is 6.42 Å². The average molecular weight is 475 g/mol. The summed E-state index contributed by atoms with van der Waals surface area (Å²) in [6.45, 7) is 2.30. The van der Waals surface area contributed by atoms with Gasteiger partial charge in [0, 0.05) is 21.9 Å². The SMILES string of the molecule is CC1C=CC=C(n2c3ccc(-c4ccccc4)cc3c3[nH]c4c5ccccc5c5ccccc5c4c32)C1. The number of nitrogens with zero attached hydrogens (tertiary/aromatic N) is 1. The zero-order valence-corrected chi connectivity index (χ0v) is 20.7. The van der Waals surface area contributed by atoms with E-state index in [-0.39, 0.29) is 0 Å². The van der Waals surface area contributed by atoms with Gasteiger partial charge in [0.2, 0.25) is 0 Å². The molecule has 7 aromatic rings. The Bertz CT molecular complexity index is 2070. The van der Waals surface area contributed by atoms with E-state index in [9.17, 15) is 0 Å². The second kappa shape index (κ2) is 7.72. The molecule has 0 fully saturated rings. The van der Waals surface area contributed by atoms with Crippen molar-refractivity contribution in [2.75, 3.05) is 0 Å². The number of benzene rings is 5. The summed E-state index contributed by atoms with van der Waals surface area (Å²) in [6.07, 6.45) is 7.85. The minimum Gasteiger partial charge on any atom is -0.352 e. The average Bonchev–Trinajstić information content (AvgIpc) is 3.49. The van der Waals surface area contributed by atoms with Crippen LogP contribution in [0.4, 0.5) is 0 Å². The predicted octanol–water partition coefficient (Wildman–Crippen LogP) is 9.69. The van der Waals surface area contributed by atoms with Gasteiger partial charge in [-0.1, -0.05) is 104 Å². The van der Waals surface area contributed by atoms with Gasteiger partial charge in [0.05, 0.1) is 22.1 Å². The second-order valence-corrected chi connectivity index (χ2v) is 10.3. The molecule has 0 bridgehead atoms. The lowest BCUT2D eigenvalue weighted by Crippen LogP contribution is -2.04. The summed E-state index contributed by atoms with van der Waals surface area (Å²) in [5.74, 6) is 0.513. The van der Waals surface area contributed by atoms with Gasteiger partial charge in [-0.25, -0.2) is 0 Å². The summed E-state index contributed by atoms with van der Waals surface area (Å²) in [6, 6.07) is 35.3. The van der Waals surface area contributed by atoms with Crippen LogP contribution in [0.15, 0.2) is 115 Å². The van der Waals surface area contributed by atoms with Crippen molar-refractivity contribution < 1.29 is 0 Å². The Morgan fingerprint density at radius 1 is 0.676 bits per heavy atom. The Balaban J connectivity index is 1.60. The Labute approximate surface area is 215 Å². The smallest absolute Gasteiger partial charge is 0.0801 e. The van der Waals surface area contributed by atoms with Gasteiger partial charge in [-0.3, -0.25) is 0 Å². The number of nitrogens with one attached hydrogen (secondary N) is 1. The maximum Gasteiger partial charge on any atom is 0.0801 e. The van der Waals surface area contributed by atoms with Crippen molar-refractivity contribution in [3.05, 3.63) is 115 Å². The molecule has 8 rings (SSSR count). The molecule has 1 unspecified atom stereocenters. The van der Waals surface area contributed by atoms with Crippen LogP contribution in [-0.4, -0.2) is 9.55 Å². The van der Waals surface area contributed by atoms with Crippen LogP contribution in [-0.2, 0) is 0 Å². The first-order valence-electron chi connectivity index (χ1n) is 13.1. The molecular weight excluding hydrogens is 448 g/mol. The number of H-pyrrole nitrogens is 1. The molecule has 2 aromatic heterocycles. The highest BCUT2D eigenvalue weighted by atomic mass is 15.0. The molecule has 0 saturated heterocycles. The molecule has 1 N–H and O–H groups in total. The third-order valence-electron chi connectivity index (χ3n) is 8.04. The molecule has 5 aromatic carbocycles. The van der Waals surface area contributed by atoms with Gasteiger partial charge in [0.25, 0.3) is 0 Å². The summed E-state index contributed by atoms with van der Waals surface area (Å²) in [5.41, 5.74) is 8.81. The van der Waals surface area contributed by atoms with Gasteiger partial charge < -0.3 is 9.55 Å². The van der Waals surface area contributed by atoms with E-state index in [0.29, 0.717) is 5.92 Å². The van der Waals surface area contributed by atoms with Gasteiger partial charge in [0.15, 0.2) is 0 Å². The van der Waals surface area contributed by atoms with Gasteiger partial charge in [-0.15, -0.1) is 0 Å². The Kier molecular flexibility index (Phi) is 4.30. The molecule has 2 heterocycles. The zero-order valence-electron chi connectivity index (χ0n) is 20.7. The van der Waals surface area contributed by atoms with Crippen molar-refractivity contribution in [3.8, 4) is 11.1 Å². The van der Waals surface area contributed by atoms with Crippen molar-refractivity contribution in [3.63, 3.8) is 0 Å². The number of aromatic amines is 1. The second-order valence-electron chi connectivity index (χ2n) is 10.3. The Morgan fingerprint density at radius 2 is 1.38 bits per heavy atom. The molecule has 37 heavy (non-hydrogen) atoms. The highest BCUT2D eigenvalue weighted by Crippen LogP contribution is 2.44. The van der Waals surface area contributed by atoms with E-state index >= 15 is 0 Å². The number of rotatable bonds is 2. The van der Waals surface area contributed by atoms with Crippen LogP contribution in [0.1, 0.15) is 13.3 Å². The van der Waals surface area contributed by atoms with Gasteiger partial charge in [0.1, 0.15) is 0 Å². The highest BCUT2D eigenvalue weighted by molar-refractivity contribution is 6.33. The van der Waals surface area contributed by atoms with Crippen molar-refractivity contribution in [2.45, 2.75) is 13.3 Å². The van der Waals surface area contributed by atoms with Crippen molar-refractivity contribution >= 4 is 60.1 Å². The van der Waals surface area contributed by atoms with Crippen LogP contribution in [0.2, 0.25) is 0 Å². The molecule has 2 nitrogen and oxygen atoms in total. The normalized spacial score (nSPS) is 15.9. The van der Waals surface area contributed by atoms with Crippen LogP contribution in [0.25, 0.3) is 71.2 Å². The fraction of sp³-hybridized carbons (Fsp3) is 0.0857. The number of aromatic nitrogens is 2. The summed E-state index contributed by atoms with van der Waals surface area (Å²) < 4.78 is 2.53. The van der Waals surface area contributed by atoms with Crippen LogP contribution < -0.4 is 0 Å². The number of hydrogen-bond donors (Lipinski definition) is 1. The van der Waals surface area contributed by atoms with E-state index in [1.807, 2.05) is 0 Å². The molecule has 0 amide bonds. The molecule has 176 valence electrons. The van der Waals surface area contributed by atoms with Crippen molar-refractivity contribution in [1.82, 2.24) is 9.55 Å². The first-order valence-corrected chi connectivity index (χ1v) is 13.1. The highest BCUT2D eigenvalue weighted by Gasteiger charge is 2.23. The molecule has 1 atom stereocenters.